The van der Waals surface area contributed by atoms with Crippen molar-refractivity contribution < 1.29 is 13.2 Å². The first-order valence-electron chi connectivity index (χ1n) is 8.56. The average molecular weight is 359 g/mol. The van der Waals surface area contributed by atoms with Crippen molar-refractivity contribution in [3.05, 3.63) is 65.7 Å². The largest absolute Gasteiger partial charge is 0.349 e. The third-order valence-electron chi connectivity index (χ3n) is 4.09. The van der Waals surface area contributed by atoms with Crippen LogP contribution in [0.3, 0.4) is 0 Å². The molecule has 1 amide bonds. The van der Waals surface area contributed by atoms with E-state index in [-0.39, 0.29) is 29.0 Å². The summed E-state index contributed by atoms with van der Waals surface area (Å²) in [5, 5.41) is 2.96. The zero-order chi connectivity index (χ0) is 18.3. The predicted octanol–water partition coefficient (Wildman–Crippen LogP) is 3.82. The van der Waals surface area contributed by atoms with Crippen LogP contribution in [0, 0.1) is 6.92 Å². The second-order valence-electron chi connectivity index (χ2n) is 6.20. The first-order chi connectivity index (χ1) is 11.9. The third kappa shape index (κ3) is 5.71. The molecule has 5 heteroatoms. The standard InChI is InChI=1S/C20H25NO3S/c1-3-7-19(17-8-5-4-6-9-17)21-20(22)14-15-25(23,24)18-12-10-16(2)11-13-18/h4-6,8-13,19H,3,7,14-15H2,1-2H3,(H,21,22). The van der Waals surface area contributed by atoms with Crippen LogP contribution in [0.1, 0.15) is 43.4 Å². The van der Waals surface area contributed by atoms with Gasteiger partial charge in [-0.25, -0.2) is 8.42 Å². The molecule has 0 saturated heterocycles. The number of hydrogen-bond acceptors (Lipinski definition) is 3. The molecule has 1 N–H and O–H groups in total. The lowest BCUT2D eigenvalue weighted by Crippen LogP contribution is -2.30. The molecular weight excluding hydrogens is 334 g/mol. The van der Waals surface area contributed by atoms with Gasteiger partial charge in [0.1, 0.15) is 0 Å². The van der Waals surface area contributed by atoms with Crippen molar-refractivity contribution in [1.82, 2.24) is 5.32 Å². The molecule has 2 aromatic carbocycles. The van der Waals surface area contributed by atoms with Crippen LogP contribution in [0.5, 0.6) is 0 Å². The second-order valence-corrected chi connectivity index (χ2v) is 8.31. The van der Waals surface area contributed by atoms with E-state index in [2.05, 4.69) is 12.2 Å². The summed E-state index contributed by atoms with van der Waals surface area (Å²) in [4.78, 5) is 12.5. The maximum absolute atomic E-state index is 12.3. The van der Waals surface area contributed by atoms with Crippen LogP contribution in [0.25, 0.3) is 0 Å². The molecule has 0 aliphatic heterocycles. The average Bonchev–Trinajstić information content (AvgIpc) is 2.61. The van der Waals surface area contributed by atoms with Gasteiger partial charge in [0, 0.05) is 6.42 Å². The maximum atomic E-state index is 12.3. The lowest BCUT2D eigenvalue weighted by molar-refractivity contribution is -0.121. The molecule has 0 saturated carbocycles. The normalized spacial score (nSPS) is 12.6. The minimum Gasteiger partial charge on any atom is -0.349 e. The van der Waals surface area contributed by atoms with Crippen molar-refractivity contribution >= 4 is 15.7 Å². The van der Waals surface area contributed by atoms with Crippen LogP contribution >= 0.6 is 0 Å². The lowest BCUT2D eigenvalue weighted by atomic mass is 10.0. The summed E-state index contributed by atoms with van der Waals surface area (Å²) in [6.07, 6.45) is 1.71. The maximum Gasteiger partial charge on any atom is 0.221 e. The Labute approximate surface area is 150 Å². The van der Waals surface area contributed by atoms with Crippen molar-refractivity contribution in [3.63, 3.8) is 0 Å². The van der Waals surface area contributed by atoms with Gasteiger partial charge in [0.25, 0.3) is 0 Å². The quantitative estimate of drug-likeness (QED) is 0.779. The molecule has 0 fully saturated rings. The molecule has 0 bridgehead atoms. The number of aryl methyl sites for hydroxylation is 1. The number of hydrogen-bond donors (Lipinski definition) is 1. The van der Waals surface area contributed by atoms with Crippen LogP contribution in [0.15, 0.2) is 59.5 Å². The summed E-state index contributed by atoms with van der Waals surface area (Å²) in [6, 6.07) is 16.4. The van der Waals surface area contributed by atoms with Crippen LogP contribution in [-0.2, 0) is 14.6 Å². The van der Waals surface area contributed by atoms with Gasteiger partial charge in [-0.3, -0.25) is 4.79 Å². The van der Waals surface area contributed by atoms with Crippen molar-refractivity contribution in [2.75, 3.05) is 5.75 Å². The smallest absolute Gasteiger partial charge is 0.221 e. The monoisotopic (exact) mass is 359 g/mol. The number of carbonyl (C=O) groups excluding carboxylic acids is 1. The predicted molar refractivity (Wildman–Crippen MR) is 100 cm³/mol. The van der Waals surface area contributed by atoms with E-state index in [0.29, 0.717) is 0 Å². The number of sulfone groups is 1. The molecular formula is C20H25NO3S. The van der Waals surface area contributed by atoms with Gasteiger partial charge in [0.2, 0.25) is 5.91 Å². The van der Waals surface area contributed by atoms with Crippen LogP contribution in [-0.4, -0.2) is 20.1 Å². The van der Waals surface area contributed by atoms with Gasteiger partial charge >= 0.3 is 0 Å². The van der Waals surface area contributed by atoms with Gasteiger partial charge in [-0.15, -0.1) is 0 Å². The highest BCUT2D eigenvalue weighted by Crippen LogP contribution is 2.19. The van der Waals surface area contributed by atoms with E-state index in [1.54, 1.807) is 24.3 Å². The first-order valence-corrected chi connectivity index (χ1v) is 10.2. The van der Waals surface area contributed by atoms with Crippen LogP contribution < -0.4 is 5.32 Å². The molecule has 0 spiro atoms. The first kappa shape index (κ1) is 19.2. The fourth-order valence-electron chi connectivity index (χ4n) is 2.65. The van der Waals surface area contributed by atoms with Crippen molar-refractivity contribution in [3.8, 4) is 0 Å². The zero-order valence-electron chi connectivity index (χ0n) is 14.7. The highest BCUT2D eigenvalue weighted by atomic mass is 32.2. The molecule has 2 aromatic rings. The molecule has 0 aliphatic carbocycles. The van der Waals surface area contributed by atoms with Crippen LogP contribution in [0.2, 0.25) is 0 Å². The number of nitrogens with one attached hydrogen (secondary N) is 1. The van der Waals surface area contributed by atoms with Gasteiger partial charge in [-0.2, -0.15) is 0 Å². The van der Waals surface area contributed by atoms with Gasteiger partial charge in [0.15, 0.2) is 9.84 Å². The summed E-state index contributed by atoms with van der Waals surface area (Å²) in [6.45, 7) is 3.96. The van der Waals surface area contributed by atoms with E-state index >= 15 is 0 Å². The molecule has 1 atom stereocenters. The molecule has 4 nitrogen and oxygen atoms in total. The fraction of sp³-hybridized carbons (Fsp3) is 0.350. The van der Waals surface area contributed by atoms with Crippen molar-refractivity contribution in [1.29, 1.82) is 0 Å². The van der Waals surface area contributed by atoms with E-state index < -0.39 is 9.84 Å². The Kier molecular flexibility index (Phi) is 6.76. The summed E-state index contributed by atoms with van der Waals surface area (Å²) in [5.74, 6) is -0.423. The Morgan fingerprint density at radius 2 is 1.68 bits per heavy atom. The number of amides is 1. The lowest BCUT2D eigenvalue weighted by Gasteiger charge is -2.18. The zero-order valence-corrected chi connectivity index (χ0v) is 15.6. The van der Waals surface area contributed by atoms with Crippen LogP contribution in [0.4, 0.5) is 0 Å². The molecule has 0 aromatic heterocycles. The minimum atomic E-state index is -3.45. The Bertz CT molecular complexity index is 783. The van der Waals surface area contributed by atoms with Gasteiger partial charge in [-0.05, 0) is 31.0 Å². The fourth-order valence-corrected chi connectivity index (χ4v) is 3.89. The number of carbonyl (C=O) groups is 1. The Morgan fingerprint density at radius 1 is 1.04 bits per heavy atom. The SMILES string of the molecule is CCCC(NC(=O)CCS(=O)(=O)c1ccc(C)cc1)c1ccccc1. The summed E-state index contributed by atoms with van der Waals surface area (Å²) in [5.41, 5.74) is 2.04. The topological polar surface area (TPSA) is 63.2 Å². The highest BCUT2D eigenvalue weighted by Gasteiger charge is 2.18. The third-order valence-corrected chi connectivity index (χ3v) is 5.82. The Hall–Kier alpha value is -2.14. The molecule has 2 rings (SSSR count). The van der Waals surface area contributed by atoms with Crippen molar-refractivity contribution in [2.45, 2.75) is 44.0 Å². The van der Waals surface area contributed by atoms with Gasteiger partial charge < -0.3 is 5.32 Å². The summed E-state index contributed by atoms with van der Waals surface area (Å²) >= 11 is 0. The highest BCUT2D eigenvalue weighted by molar-refractivity contribution is 7.91. The van der Waals surface area contributed by atoms with E-state index in [9.17, 15) is 13.2 Å². The molecule has 1 unspecified atom stereocenters. The molecule has 0 radical (unpaired) electrons. The van der Waals surface area contributed by atoms with Gasteiger partial charge in [-0.1, -0.05) is 61.4 Å². The number of rotatable bonds is 8. The molecule has 134 valence electrons. The Balaban J connectivity index is 1.97. The Morgan fingerprint density at radius 3 is 2.28 bits per heavy atom. The van der Waals surface area contributed by atoms with Gasteiger partial charge in [0.05, 0.1) is 16.7 Å². The van der Waals surface area contributed by atoms with E-state index in [0.717, 1.165) is 24.0 Å². The summed E-state index contributed by atoms with van der Waals surface area (Å²) in [7, 11) is -3.45. The molecule has 0 aliphatic rings. The van der Waals surface area contributed by atoms with E-state index in [1.165, 1.54) is 0 Å². The molecule has 25 heavy (non-hydrogen) atoms. The van der Waals surface area contributed by atoms with E-state index in [4.69, 9.17) is 0 Å². The second kappa shape index (κ2) is 8.81. The molecule has 0 heterocycles. The van der Waals surface area contributed by atoms with Crippen molar-refractivity contribution in [2.24, 2.45) is 0 Å². The van der Waals surface area contributed by atoms with E-state index in [1.807, 2.05) is 37.3 Å². The minimum absolute atomic E-state index is 0.0384. The summed E-state index contributed by atoms with van der Waals surface area (Å²) < 4.78 is 24.7. The number of benzene rings is 2.